The number of hydrogen-bond donors (Lipinski definition) is 2. The van der Waals surface area contributed by atoms with Gasteiger partial charge in [-0.15, -0.1) is 0 Å². The van der Waals surface area contributed by atoms with E-state index in [0.717, 1.165) is 5.56 Å². The third-order valence-corrected chi connectivity index (χ3v) is 3.31. The van der Waals surface area contributed by atoms with Crippen molar-refractivity contribution in [2.75, 3.05) is 7.11 Å². The zero-order valence-corrected chi connectivity index (χ0v) is 11.7. The molecule has 0 fully saturated rings. The number of rotatable bonds is 5. The highest BCUT2D eigenvalue weighted by atomic mass is 19.1. The van der Waals surface area contributed by atoms with Crippen molar-refractivity contribution in [2.24, 2.45) is 5.84 Å². The summed E-state index contributed by atoms with van der Waals surface area (Å²) in [7, 11) is 1.51. The molecule has 0 amide bonds. The second-order valence-electron chi connectivity index (χ2n) is 4.80. The largest absolute Gasteiger partial charge is 0.497 e. The summed E-state index contributed by atoms with van der Waals surface area (Å²) in [6.07, 6.45) is 0.626. The highest BCUT2D eigenvalue weighted by molar-refractivity contribution is 5.32. The van der Waals surface area contributed by atoms with Gasteiger partial charge in [-0.1, -0.05) is 35.9 Å². The van der Waals surface area contributed by atoms with Gasteiger partial charge in [0.25, 0.3) is 0 Å². The molecule has 0 aliphatic heterocycles. The second kappa shape index (κ2) is 6.50. The molecule has 3 N–H and O–H groups in total. The van der Waals surface area contributed by atoms with Gasteiger partial charge in [-0.2, -0.15) is 0 Å². The number of aryl methyl sites for hydroxylation is 1. The lowest BCUT2D eigenvalue weighted by Gasteiger charge is -2.18. The molecule has 2 aromatic carbocycles. The van der Waals surface area contributed by atoms with Crippen LogP contribution in [0.5, 0.6) is 5.75 Å². The van der Waals surface area contributed by atoms with E-state index >= 15 is 0 Å². The SMILES string of the molecule is COc1ccc(C(Cc2cccc(C)c2)NN)c(F)c1. The maximum absolute atomic E-state index is 14.1. The van der Waals surface area contributed by atoms with Crippen LogP contribution in [0.25, 0.3) is 0 Å². The van der Waals surface area contributed by atoms with Crippen LogP contribution >= 0.6 is 0 Å². The van der Waals surface area contributed by atoms with E-state index in [-0.39, 0.29) is 11.9 Å². The molecule has 1 unspecified atom stereocenters. The fourth-order valence-corrected chi connectivity index (χ4v) is 2.25. The predicted octanol–water partition coefficient (Wildman–Crippen LogP) is 2.89. The first-order valence-corrected chi connectivity index (χ1v) is 6.49. The Morgan fingerprint density at radius 2 is 2.05 bits per heavy atom. The Morgan fingerprint density at radius 3 is 2.65 bits per heavy atom. The summed E-state index contributed by atoms with van der Waals surface area (Å²) in [5.74, 6) is 5.76. The van der Waals surface area contributed by atoms with Crippen LogP contribution in [-0.4, -0.2) is 7.11 Å². The van der Waals surface area contributed by atoms with E-state index in [2.05, 4.69) is 11.5 Å². The van der Waals surface area contributed by atoms with E-state index in [1.165, 1.54) is 18.7 Å². The van der Waals surface area contributed by atoms with E-state index in [9.17, 15) is 4.39 Å². The van der Waals surface area contributed by atoms with Gasteiger partial charge in [0, 0.05) is 11.6 Å². The topological polar surface area (TPSA) is 47.3 Å². The number of halogens is 1. The van der Waals surface area contributed by atoms with Crippen LogP contribution in [0.3, 0.4) is 0 Å². The number of nitrogens with one attached hydrogen (secondary N) is 1. The minimum atomic E-state index is -0.319. The average Bonchev–Trinajstić information content (AvgIpc) is 2.45. The summed E-state index contributed by atoms with van der Waals surface area (Å²) in [4.78, 5) is 0. The average molecular weight is 274 g/mol. The smallest absolute Gasteiger partial charge is 0.131 e. The van der Waals surface area contributed by atoms with Crippen LogP contribution in [0.1, 0.15) is 22.7 Å². The molecule has 0 saturated heterocycles. The van der Waals surface area contributed by atoms with Crippen LogP contribution in [0.15, 0.2) is 42.5 Å². The summed E-state index contributed by atoms with van der Waals surface area (Å²) >= 11 is 0. The van der Waals surface area contributed by atoms with Gasteiger partial charge in [-0.25, -0.2) is 4.39 Å². The highest BCUT2D eigenvalue weighted by Gasteiger charge is 2.15. The van der Waals surface area contributed by atoms with Crippen molar-refractivity contribution in [1.29, 1.82) is 0 Å². The standard InChI is InChI=1S/C16H19FN2O/c1-11-4-3-5-12(8-11)9-16(19-18)14-7-6-13(20-2)10-15(14)17/h3-8,10,16,19H,9,18H2,1-2H3. The third-order valence-electron chi connectivity index (χ3n) is 3.31. The molecule has 0 spiro atoms. The van der Waals surface area contributed by atoms with Crippen molar-refractivity contribution < 1.29 is 9.13 Å². The molecule has 3 nitrogen and oxygen atoms in total. The maximum atomic E-state index is 14.1. The Balaban J connectivity index is 2.24. The molecule has 106 valence electrons. The van der Waals surface area contributed by atoms with Gasteiger partial charge in [0.1, 0.15) is 11.6 Å². The lowest BCUT2D eigenvalue weighted by atomic mass is 9.98. The summed E-state index contributed by atoms with van der Waals surface area (Å²) < 4.78 is 19.1. The Hall–Kier alpha value is -1.91. The normalized spacial score (nSPS) is 12.2. The molecule has 0 radical (unpaired) electrons. The van der Waals surface area contributed by atoms with Gasteiger partial charge in [-0.3, -0.25) is 11.3 Å². The first kappa shape index (κ1) is 14.5. The minimum absolute atomic E-state index is 0.275. The Kier molecular flexibility index (Phi) is 4.71. The monoisotopic (exact) mass is 274 g/mol. The van der Waals surface area contributed by atoms with Crippen molar-refractivity contribution in [2.45, 2.75) is 19.4 Å². The van der Waals surface area contributed by atoms with Crippen molar-refractivity contribution >= 4 is 0 Å². The lowest BCUT2D eigenvalue weighted by Crippen LogP contribution is -2.30. The van der Waals surface area contributed by atoms with E-state index in [4.69, 9.17) is 10.6 Å². The highest BCUT2D eigenvalue weighted by Crippen LogP contribution is 2.24. The van der Waals surface area contributed by atoms with Gasteiger partial charge in [0.15, 0.2) is 0 Å². The van der Waals surface area contributed by atoms with Crippen LogP contribution < -0.4 is 16.0 Å². The summed E-state index contributed by atoms with van der Waals surface area (Å²) in [5, 5.41) is 0. The number of ether oxygens (including phenoxy) is 1. The Morgan fingerprint density at radius 1 is 1.25 bits per heavy atom. The first-order chi connectivity index (χ1) is 9.63. The lowest BCUT2D eigenvalue weighted by molar-refractivity contribution is 0.409. The molecule has 20 heavy (non-hydrogen) atoms. The van der Waals surface area contributed by atoms with E-state index < -0.39 is 0 Å². The van der Waals surface area contributed by atoms with Crippen LogP contribution in [0.2, 0.25) is 0 Å². The fraction of sp³-hybridized carbons (Fsp3) is 0.250. The van der Waals surface area contributed by atoms with Crippen molar-refractivity contribution in [3.63, 3.8) is 0 Å². The van der Waals surface area contributed by atoms with Crippen LogP contribution in [-0.2, 0) is 6.42 Å². The summed E-state index contributed by atoms with van der Waals surface area (Å²) in [5.41, 5.74) is 5.51. The van der Waals surface area contributed by atoms with Crippen LogP contribution in [0, 0.1) is 12.7 Å². The number of nitrogens with two attached hydrogens (primary N) is 1. The molecule has 2 aromatic rings. The number of hydrogen-bond acceptors (Lipinski definition) is 3. The van der Waals surface area contributed by atoms with E-state index in [1.807, 2.05) is 25.1 Å². The van der Waals surface area contributed by atoms with E-state index in [0.29, 0.717) is 17.7 Å². The molecule has 0 heterocycles. The Bertz CT molecular complexity index is 586. The molecular formula is C16H19FN2O. The maximum Gasteiger partial charge on any atom is 0.131 e. The zero-order chi connectivity index (χ0) is 14.5. The predicted molar refractivity (Wildman–Crippen MR) is 77.9 cm³/mol. The fourth-order valence-electron chi connectivity index (χ4n) is 2.25. The van der Waals surface area contributed by atoms with Crippen molar-refractivity contribution in [3.05, 3.63) is 65.0 Å². The Labute approximate surface area is 118 Å². The molecule has 0 aromatic heterocycles. The molecule has 2 rings (SSSR count). The molecule has 0 saturated carbocycles. The molecule has 0 aliphatic carbocycles. The molecule has 4 heteroatoms. The molecular weight excluding hydrogens is 255 g/mol. The molecule has 0 aliphatic rings. The van der Waals surface area contributed by atoms with Gasteiger partial charge in [-0.05, 0) is 25.0 Å². The molecule has 1 atom stereocenters. The number of hydrazine groups is 1. The zero-order valence-electron chi connectivity index (χ0n) is 11.7. The quantitative estimate of drug-likeness (QED) is 0.651. The van der Waals surface area contributed by atoms with Crippen molar-refractivity contribution in [1.82, 2.24) is 5.43 Å². The summed E-state index contributed by atoms with van der Waals surface area (Å²) in [6, 6.07) is 12.6. The number of methoxy groups -OCH3 is 1. The van der Waals surface area contributed by atoms with Gasteiger partial charge >= 0.3 is 0 Å². The third kappa shape index (κ3) is 3.35. The van der Waals surface area contributed by atoms with E-state index in [1.54, 1.807) is 12.1 Å². The number of benzene rings is 2. The summed E-state index contributed by atoms with van der Waals surface area (Å²) in [6.45, 7) is 2.03. The minimum Gasteiger partial charge on any atom is -0.497 e. The van der Waals surface area contributed by atoms with Gasteiger partial charge in [0.2, 0.25) is 0 Å². The molecule has 0 bridgehead atoms. The van der Waals surface area contributed by atoms with Crippen LogP contribution in [0.4, 0.5) is 4.39 Å². The second-order valence-corrected chi connectivity index (χ2v) is 4.80. The van der Waals surface area contributed by atoms with Gasteiger partial charge in [0.05, 0.1) is 13.2 Å². The van der Waals surface area contributed by atoms with Gasteiger partial charge < -0.3 is 4.74 Å². The van der Waals surface area contributed by atoms with Crippen molar-refractivity contribution in [3.8, 4) is 5.75 Å². The first-order valence-electron chi connectivity index (χ1n) is 6.49.